The molecule has 2 heterocycles. The molecule has 0 saturated carbocycles. The largest absolute Gasteiger partial charge is 0.465 e. The van der Waals surface area contributed by atoms with Crippen LogP contribution in [0.15, 0.2) is 36.0 Å². The van der Waals surface area contributed by atoms with Gasteiger partial charge in [-0.1, -0.05) is 0 Å². The number of carboxylic acid groups (broad SMARTS) is 2. The Bertz CT molecular complexity index is 819. The molecule has 2 aliphatic heterocycles. The van der Waals surface area contributed by atoms with Gasteiger partial charge < -0.3 is 14.9 Å². The summed E-state index contributed by atoms with van der Waals surface area (Å²) in [5, 5.41) is 29.2. The molecule has 3 rings (SSSR count). The standard InChI is InChI=1S/C15H13N3O8/c19-13(8-1-3-9(4-2-8)18(24)25)26-11-7-17(15(22)23)10-5-6-16(12(10)11)14(20)21/h1-5,11-12H,6-7H2,(H,20,21)(H,22,23). The van der Waals surface area contributed by atoms with Gasteiger partial charge in [-0.3, -0.25) is 19.9 Å². The van der Waals surface area contributed by atoms with E-state index in [4.69, 9.17) is 4.74 Å². The summed E-state index contributed by atoms with van der Waals surface area (Å²) < 4.78 is 5.31. The van der Waals surface area contributed by atoms with Crippen LogP contribution in [-0.2, 0) is 4.74 Å². The average Bonchev–Trinajstić information content (AvgIpc) is 3.16. The number of rotatable bonds is 3. The van der Waals surface area contributed by atoms with E-state index in [1.807, 2.05) is 0 Å². The van der Waals surface area contributed by atoms with E-state index in [0.29, 0.717) is 0 Å². The van der Waals surface area contributed by atoms with E-state index in [1.165, 1.54) is 18.2 Å². The van der Waals surface area contributed by atoms with Crippen LogP contribution in [0.4, 0.5) is 15.3 Å². The summed E-state index contributed by atoms with van der Waals surface area (Å²) in [4.78, 5) is 46.9. The van der Waals surface area contributed by atoms with Gasteiger partial charge >= 0.3 is 18.2 Å². The molecule has 1 aromatic rings. The molecule has 0 radical (unpaired) electrons. The van der Waals surface area contributed by atoms with Crippen LogP contribution in [0.2, 0.25) is 0 Å². The monoisotopic (exact) mass is 363 g/mol. The Morgan fingerprint density at radius 3 is 2.35 bits per heavy atom. The number of esters is 1. The average molecular weight is 363 g/mol. The third kappa shape index (κ3) is 2.90. The molecule has 1 aromatic carbocycles. The molecule has 1 saturated heterocycles. The molecule has 0 aromatic heterocycles. The number of fused-ring (bicyclic) bond motifs is 1. The molecule has 2 atom stereocenters. The highest BCUT2D eigenvalue weighted by molar-refractivity contribution is 5.90. The number of ether oxygens (including phenoxy) is 1. The Kier molecular flexibility index (Phi) is 4.20. The van der Waals surface area contributed by atoms with E-state index >= 15 is 0 Å². The van der Waals surface area contributed by atoms with Crippen molar-refractivity contribution in [1.82, 2.24) is 9.80 Å². The number of hydrogen-bond acceptors (Lipinski definition) is 6. The molecular weight excluding hydrogens is 350 g/mol. The molecule has 0 bridgehead atoms. The minimum Gasteiger partial charge on any atom is -0.465 e. The number of amides is 2. The Balaban J connectivity index is 1.80. The van der Waals surface area contributed by atoms with Crippen molar-refractivity contribution in [3.05, 3.63) is 51.7 Å². The van der Waals surface area contributed by atoms with Crippen molar-refractivity contribution in [1.29, 1.82) is 0 Å². The second kappa shape index (κ2) is 6.35. The first kappa shape index (κ1) is 17.2. The highest BCUT2D eigenvalue weighted by atomic mass is 16.6. The van der Waals surface area contributed by atoms with E-state index in [0.717, 1.165) is 21.9 Å². The lowest BCUT2D eigenvalue weighted by Gasteiger charge is -2.25. The van der Waals surface area contributed by atoms with Crippen LogP contribution < -0.4 is 0 Å². The molecule has 11 heteroatoms. The normalized spacial score (nSPS) is 21.2. The number of benzene rings is 1. The molecule has 26 heavy (non-hydrogen) atoms. The van der Waals surface area contributed by atoms with Gasteiger partial charge in [-0.2, -0.15) is 0 Å². The number of carbonyl (C=O) groups excluding carboxylic acids is 1. The molecule has 1 fully saturated rings. The van der Waals surface area contributed by atoms with E-state index in [1.54, 1.807) is 0 Å². The summed E-state index contributed by atoms with van der Waals surface area (Å²) in [6.07, 6.45) is -2.09. The van der Waals surface area contributed by atoms with E-state index in [-0.39, 0.29) is 30.0 Å². The third-order valence-corrected chi connectivity index (χ3v) is 4.21. The smallest absolute Gasteiger partial charge is 0.411 e. The van der Waals surface area contributed by atoms with Gasteiger partial charge in [0, 0.05) is 24.4 Å². The predicted octanol–water partition coefficient (Wildman–Crippen LogP) is 1.36. The van der Waals surface area contributed by atoms with Crippen molar-refractivity contribution < 1.29 is 34.3 Å². The van der Waals surface area contributed by atoms with Gasteiger partial charge in [0.15, 0.2) is 0 Å². The fourth-order valence-electron chi connectivity index (χ4n) is 3.04. The molecular formula is C15H13N3O8. The van der Waals surface area contributed by atoms with Crippen molar-refractivity contribution >= 4 is 23.8 Å². The summed E-state index contributed by atoms with van der Waals surface area (Å²) >= 11 is 0. The Hall–Kier alpha value is -3.63. The maximum absolute atomic E-state index is 12.3. The molecule has 2 aliphatic rings. The van der Waals surface area contributed by atoms with Crippen LogP contribution in [0.3, 0.4) is 0 Å². The van der Waals surface area contributed by atoms with E-state index in [9.17, 15) is 34.7 Å². The number of nitro benzene ring substituents is 1. The van der Waals surface area contributed by atoms with Crippen molar-refractivity contribution in [2.75, 3.05) is 13.1 Å². The second-order valence-electron chi connectivity index (χ2n) is 5.65. The van der Waals surface area contributed by atoms with Crippen LogP contribution in [0.5, 0.6) is 0 Å². The van der Waals surface area contributed by atoms with E-state index < -0.39 is 35.2 Å². The van der Waals surface area contributed by atoms with Crippen molar-refractivity contribution in [2.24, 2.45) is 0 Å². The molecule has 2 amide bonds. The SMILES string of the molecule is O=C(OC1CN(C(=O)O)C2=CCN(C(=O)O)C21)c1ccc([N+](=O)[O-])cc1. The zero-order valence-corrected chi connectivity index (χ0v) is 13.1. The summed E-state index contributed by atoms with van der Waals surface area (Å²) in [5.41, 5.74) is 0.0914. The van der Waals surface area contributed by atoms with Gasteiger partial charge in [0.2, 0.25) is 0 Å². The zero-order chi connectivity index (χ0) is 19.0. The summed E-state index contributed by atoms with van der Waals surface area (Å²) in [6.45, 7) is -0.209. The fourth-order valence-corrected chi connectivity index (χ4v) is 3.04. The first-order valence-corrected chi connectivity index (χ1v) is 7.45. The maximum atomic E-state index is 12.3. The predicted molar refractivity (Wildman–Crippen MR) is 83.6 cm³/mol. The van der Waals surface area contributed by atoms with Gasteiger partial charge in [-0.25, -0.2) is 14.4 Å². The molecule has 11 nitrogen and oxygen atoms in total. The van der Waals surface area contributed by atoms with Crippen LogP contribution in [0.1, 0.15) is 10.4 Å². The molecule has 0 aliphatic carbocycles. The summed E-state index contributed by atoms with van der Waals surface area (Å²) in [7, 11) is 0. The summed E-state index contributed by atoms with van der Waals surface area (Å²) in [6, 6.07) is 3.79. The third-order valence-electron chi connectivity index (χ3n) is 4.21. The topological polar surface area (TPSA) is 151 Å². The van der Waals surface area contributed by atoms with Crippen LogP contribution >= 0.6 is 0 Å². The second-order valence-corrected chi connectivity index (χ2v) is 5.65. The molecule has 2 N–H and O–H groups in total. The highest BCUT2D eigenvalue weighted by Crippen LogP contribution is 2.33. The lowest BCUT2D eigenvalue weighted by Crippen LogP contribution is -2.44. The van der Waals surface area contributed by atoms with Crippen LogP contribution in [0, 0.1) is 10.1 Å². The Labute approximate surface area is 145 Å². The zero-order valence-electron chi connectivity index (χ0n) is 13.1. The van der Waals surface area contributed by atoms with Gasteiger partial charge in [-0.05, 0) is 18.2 Å². The van der Waals surface area contributed by atoms with Crippen LogP contribution in [0.25, 0.3) is 0 Å². The molecule has 2 unspecified atom stereocenters. The van der Waals surface area contributed by atoms with Gasteiger partial charge in [0.25, 0.3) is 5.69 Å². The summed E-state index contributed by atoms with van der Waals surface area (Å²) in [5.74, 6) is -0.825. The Morgan fingerprint density at radius 1 is 1.15 bits per heavy atom. The number of hydrogen-bond donors (Lipinski definition) is 2. The minimum absolute atomic E-state index is 0.00923. The van der Waals surface area contributed by atoms with Gasteiger partial charge in [0.1, 0.15) is 12.1 Å². The fraction of sp³-hybridized carbons (Fsp3) is 0.267. The minimum atomic E-state index is -1.28. The number of likely N-dealkylation sites (tertiary alicyclic amines) is 1. The van der Waals surface area contributed by atoms with Gasteiger partial charge in [-0.15, -0.1) is 0 Å². The molecule has 0 spiro atoms. The number of nitro groups is 1. The Morgan fingerprint density at radius 2 is 1.81 bits per heavy atom. The number of nitrogens with zero attached hydrogens (tertiary/aromatic N) is 3. The van der Waals surface area contributed by atoms with Crippen molar-refractivity contribution in [3.8, 4) is 0 Å². The van der Waals surface area contributed by atoms with Gasteiger partial charge in [0.05, 0.1) is 17.0 Å². The number of carbonyl (C=O) groups is 3. The number of non-ortho nitro benzene ring substituents is 1. The van der Waals surface area contributed by atoms with Crippen molar-refractivity contribution in [2.45, 2.75) is 12.1 Å². The first-order valence-electron chi connectivity index (χ1n) is 7.45. The highest BCUT2D eigenvalue weighted by Gasteiger charge is 2.49. The lowest BCUT2D eigenvalue weighted by atomic mass is 10.1. The molecule has 136 valence electrons. The van der Waals surface area contributed by atoms with E-state index in [2.05, 4.69) is 0 Å². The maximum Gasteiger partial charge on any atom is 0.411 e. The first-order chi connectivity index (χ1) is 12.3. The lowest BCUT2D eigenvalue weighted by molar-refractivity contribution is -0.384. The van der Waals surface area contributed by atoms with Crippen molar-refractivity contribution in [3.63, 3.8) is 0 Å². The quantitative estimate of drug-likeness (QED) is 0.464. The van der Waals surface area contributed by atoms with Crippen LogP contribution in [-0.4, -0.2) is 68.3 Å².